The molecule has 0 unspecified atom stereocenters. The van der Waals surface area contributed by atoms with E-state index in [4.69, 9.17) is 4.74 Å². The molecular weight excluding hydrogens is 462 g/mol. The van der Waals surface area contributed by atoms with Gasteiger partial charge in [-0.15, -0.1) is 5.10 Å². The van der Waals surface area contributed by atoms with E-state index in [-0.39, 0.29) is 6.09 Å². The van der Waals surface area contributed by atoms with Crippen molar-refractivity contribution in [1.29, 1.82) is 0 Å². The molecule has 10 heteroatoms. The van der Waals surface area contributed by atoms with Crippen LogP contribution in [-0.4, -0.2) is 80.1 Å². The van der Waals surface area contributed by atoms with Crippen molar-refractivity contribution < 1.29 is 9.53 Å². The maximum absolute atomic E-state index is 12.7. The molecule has 1 saturated heterocycles. The summed E-state index contributed by atoms with van der Waals surface area (Å²) in [5, 5.41) is 13.3. The molecule has 0 atom stereocenters. The van der Waals surface area contributed by atoms with E-state index in [0.717, 1.165) is 49.6 Å². The van der Waals surface area contributed by atoms with Crippen LogP contribution in [-0.2, 0) is 19.4 Å². The third kappa shape index (κ3) is 7.25. The van der Waals surface area contributed by atoms with E-state index >= 15 is 0 Å². The Morgan fingerprint density at radius 1 is 1.14 bits per heavy atom. The molecule has 1 aromatic carbocycles. The van der Waals surface area contributed by atoms with E-state index in [1.54, 1.807) is 16.7 Å². The number of hydrogen-bond donors (Lipinski definition) is 0. The summed E-state index contributed by atoms with van der Waals surface area (Å²) in [4.78, 5) is 21.0. The summed E-state index contributed by atoms with van der Waals surface area (Å²) in [6, 6.07) is 11.8. The van der Waals surface area contributed by atoms with Crippen molar-refractivity contribution in [3.63, 3.8) is 0 Å². The number of likely N-dealkylation sites (tertiary alicyclic amines) is 1. The molecular formula is C25H33N7O2S. The Morgan fingerprint density at radius 2 is 1.91 bits per heavy atom. The van der Waals surface area contributed by atoms with Gasteiger partial charge in [0.25, 0.3) is 0 Å². The van der Waals surface area contributed by atoms with Crippen LogP contribution in [0, 0.1) is 6.92 Å². The highest BCUT2D eigenvalue weighted by Gasteiger charge is 2.26. The predicted octanol–water partition coefficient (Wildman–Crippen LogP) is 3.48. The van der Waals surface area contributed by atoms with Gasteiger partial charge < -0.3 is 14.5 Å². The number of rotatable bonds is 9. The number of ether oxygens (including phenoxy) is 1. The number of aromatic nitrogens is 5. The SMILES string of the molecule is Cc1cccnc1CCc1ccc(OC(=O)N2CCC(Sc3nnnn3CCN(C)C)CC2)cc1. The van der Waals surface area contributed by atoms with Crippen LogP contribution < -0.4 is 4.74 Å². The van der Waals surface area contributed by atoms with Crippen LogP contribution in [0.25, 0.3) is 0 Å². The normalized spacial score (nSPS) is 14.5. The standard InChI is InChI=1S/C25H33N7O2S/c1-19-5-4-14-26-23(19)11-8-20-6-9-21(10-7-20)34-25(33)31-15-12-22(13-16-31)35-24-27-28-29-32(24)18-17-30(2)3/h4-7,9-10,14,22H,8,11-13,15-18H2,1-3H3. The van der Waals surface area contributed by atoms with Gasteiger partial charge in [-0.25, -0.2) is 9.48 Å². The quantitative estimate of drug-likeness (QED) is 0.446. The van der Waals surface area contributed by atoms with Gasteiger partial charge in [0.05, 0.1) is 6.54 Å². The monoisotopic (exact) mass is 495 g/mol. The summed E-state index contributed by atoms with van der Waals surface area (Å²) in [7, 11) is 4.07. The van der Waals surface area contributed by atoms with Crippen LogP contribution in [0.4, 0.5) is 4.79 Å². The zero-order valence-corrected chi connectivity index (χ0v) is 21.4. The molecule has 1 aliphatic heterocycles. The van der Waals surface area contributed by atoms with E-state index in [2.05, 4.69) is 38.4 Å². The number of pyridine rings is 1. The Hall–Kier alpha value is -2.98. The van der Waals surface area contributed by atoms with Crippen molar-refractivity contribution >= 4 is 17.9 Å². The summed E-state index contributed by atoms with van der Waals surface area (Å²) in [6.45, 7) is 5.05. The number of aryl methyl sites for hydroxylation is 3. The molecule has 1 fully saturated rings. The maximum atomic E-state index is 12.7. The molecule has 3 heterocycles. The highest BCUT2D eigenvalue weighted by molar-refractivity contribution is 7.99. The van der Waals surface area contributed by atoms with Gasteiger partial charge in [-0.2, -0.15) is 0 Å². The fourth-order valence-corrected chi connectivity index (χ4v) is 5.03. The highest BCUT2D eigenvalue weighted by Crippen LogP contribution is 2.29. The Labute approximate surface area is 210 Å². The van der Waals surface area contributed by atoms with Crippen LogP contribution in [0.3, 0.4) is 0 Å². The van der Waals surface area contributed by atoms with Gasteiger partial charge in [-0.05, 0) is 86.5 Å². The lowest BCUT2D eigenvalue weighted by atomic mass is 10.1. The van der Waals surface area contributed by atoms with Crippen LogP contribution in [0.2, 0.25) is 0 Å². The van der Waals surface area contributed by atoms with E-state index in [1.165, 1.54) is 11.1 Å². The molecule has 0 radical (unpaired) electrons. The first-order valence-corrected chi connectivity index (χ1v) is 12.9. The molecule has 0 N–H and O–H groups in total. The number of nitrogens with zero attached hydrogens (tertiary/aromatic N) is 7. The van der Waals surface area contributed by atoms with Crippen molar-refractivity contribution in [2.45, 2.75) is 49.6 Å². The van der Waals surface area contributed by atoms with Gasteiger partial charge in [0.1, 0.15) is 5.75 Å². The van der Waals surface area contributed by atoms with Gasteiger partial charge in [0.15, 0.2) is 0 Å². The lowest BCUT2D eigenvalue weighted by Crippen LogP contribution is -2.41. The summed E-state index contributed by atoms with van der Waals surface area (Å²) in [5.74, 6) is 0.573. The van der Waals surface area contributed by atoms with Crippen molar-refractivity contribution in [2.75, 3.05) is 33.7 Å². The fourth-order valence-electron chi connectivity index (χ4n) is 3.95. The second-order valence-corrected chi connectivity index (χ2v) is 10.3. The summed E-state index contributed by atoms with van der Waals surface area (Å²) in [6.07, 6.45) is 5.10. The molecule has 0 spiro atoms. The zero-order chi connectivity index (χ0) is 24.6. The van der Waals surface area contributed by atoms with Crippen molar-refractivity contribution in [3.8, 4) is 5.75 Å². The molecule has 1 amide bonds. The lowest BCUT2D eigenvalue weighted by molar-refractivity contribution is 0.143. The number of carbonyl (C=O) groups excluding carboxylic acids is 1. The third-order valence-corrected chi connectivity index (χ3v) is 7.44. The topological polar surface area (TPSA) is 89.3 Å². The number of carbonyl (C=O) groups is 1. The first kappa shape index (κ1) is 25.1. The smallest absolute Gasteiger partial charge is 0.410 e. The van der Waals surface area contributed by atoms with Crippen LogP contribution in [0.15, 0.2) is 47.8 Å². The van der Waals surface area contributed by atoms with Gasteiger partial charge in [0.2, 0.25) is 5.16 Å². The number of hydrogen-bond acceptors (Lipinski definition) is 8. The summed E-state index contributed by atoms with van der Waals surface area (Å²) >= 11 is 1.70. The van der Waals surface area contributed by atoms with Crippen LogP contribution in [0.5, 0.6) is 5.75 Å². The number of piperidine rings is 1. The van der Waals surface area contributed by atoms with E-state index < -0.39 is 0 Å². The van der Waals surface area contributed by atoms with Gasteiger partial charge in [-0.3, -0.25) is 4.98 Å². The number of tetrazole rings is 1. The minimum absolute atomic E-state index is 0.291. The van der Waals surface area contributed by atoms with Crippen molar-refractivity contribution in [3.05, 3.63) is 59.4 Å². The van der Waals surface area contributed by atoms with Crippen LogP contribution >= 0.6 is 11.8 Å². The number of likely N-dealkylation sites (N-methyl/N-ethyl adjacent to an activating group) is 1. The van der Waals surface area contributed by atoms with Gasteiger partial charge in [0, 0.05) is 36.8 Å². The molecule has 2 aromatic heterocycles. The summed E-state index contributed by atoms with van der Waals surface area (Å²) < 4.78 is 7.49. The Balaban J connectivity index is 1.21. The molecule has 35 heavy (non-hydrogen) atoms. The largest absolute Gasteiger partial charge is 0.415 e. The van der Waals surface area contributed by atoms with Crippen molar-refractivity contribution in [2.24, 2.45) is 0 Å². The van der Waals surface area contributed by atoms with Crippen LogP contribution in [0.1, 0.15) is 29.7 Å². The van der Waals surface area contributed by atoms with Gasteiger partial charge >= 0.3 is 6.09 Å². The second-order valence-electron chi connectivity index (χ2n) is 9.07. The second kappa shape index (κ2) is 12.1. The van der Waals surface area contributed by atoms with E-state index in [0.29, 0.717) is 24.1 Å². The number of benzene rings is 1. The molecule has 0 saturated carbocycles. The van der Waals surface area contributed by atoms with Crippen molar-refractivity contribution in [1.82, 2.24) is 35.0 Å². The third-order valence-electron chi connectivity index (χ3n) is 6.13. The van der Waals surface area contributed by atoms with E-state index in [9.17, 15) is 4.79 Å². The minimum atomic E-state index is -0.291. The zero-order valence-electron chi connectivity index (χ0n) is 20.6. The maximum Gasteiger partial charge on any atom is 0.415 e. The Morgan fingerprint density at radius 3 is 2.63 bits per heavy atom. The molecule has 4 rings (SSSR count). The molecule has 186 valence electrons. The molecule has 0 bridgehead atoms. The fraction of sp³-hybridized carbons (Fsp3) is 0.480. The molecule has 1 aliphatic rings. The average molecular weight is 496 g/mol. The predicted molar refractivity (Wildman–Crippen MR) is 136 cm³/mol. The summed E-state index contributed by atoms with van der Waals surface area (Å²) in [5.41, 5.74) is 3.53. The molecule has 9 nitrogen and oxygen atoms in total. The molecule has 3 aromatic rings. The Kier molecular flexibility index (Phi) is 8.70. The minimum Gasteiger partial charge on any atom is -0.410 e. The molecule has 0 aliphatic carbocycles. The highest BCUT2D eigenvalue weighted by atomic mass is 32.2. The Bertz CT molecular complexity index is 1100. The number of thioether (sulfide) groups is 1. The first-order valence-electron chi connectivity index (χ1n) is 12.0. The number of amides is 1. The average Bonchev–Trinajstić information content (AvgIpc) is 3.30. The van der Waals surface area contributed by atoms with E-state index in [1.807, 2.05) is 55.3 Å². The first-order chi connectivity index (χ1) is 17.0. The lowest BCUT2D eigenvalue weighted by Gasteiger charge is -2.30. The van der Waals surface area contributed by atoms with Gasteiger partial charge in [-0.1, -0.05) is 30.0 Å².